The van der Waals surface area contributed by atoms with Gasteiger partial charge in [0.25, 0.3) is 5.91 Å². The van der Waals surface area contributed by atoms with E-state index in [9.17, 15) is 22.8 Å². The minimum atomic E-state index is -4.51. The first-order valence-electron chi connectivity index (χ1n) is 9.18. The Labute approximate surface area is 175 Å². The monoisotopic (exact) mass is 468 g/mol. The molecule has 1 aliphatic rings. The molecule has 1 saturated heterocycles. The second kappa shape index (κ2) is 8.57. The maximum absolute atomic E-state index is 12.9. The topological polar surface area (TPSA) is 49.4 Å². The normalized spacial score (nSPS) is 17.1. The summed E-state index contributed by atoms with van der Waals surface area (Å²) in [5.41, 5.74) is 0.713. The van der Waals surface area contributed by atoms with E-state index in [0.29, 0.717) is 25.1 Å². The third-order valence-corrected chi connectivity index (χ3v) is 5.46. The molecule has 1 aliphatic heterocycles. The van der Waals surface area contributed by atoms with E-state index in [4.69, 9.17) is 0 Å². The van der Waals surface area contributed by atoms with Crippen LogP contribution in [0.3, 0.4) is 0 Å². The molecule has 3 rings (SSSR count). The zero-order valence-electron chi connectivity index (χ0n) is 15.7. The number of benzene rings is 2. The van der Waals surface area contributed by atoms with Gasteiger partial charge < -0.3 is 10.2 Å². The van der Waals surface area contributed by atoms with E-state index in [-0.39, 0.29) is 18.0 Å². The molecule has 1 heterocycles. The zero-order chi connectivity index (χ0) is 21.2. The van der Waals surface area contributed by atoms with Crippen LogP contribution in [0.2, 0.25) is 0 Å². The van der Waals surface area contributed by atoms with Crippen LogP contribution in [0.5, 0.6) is 0 Å². The first kappa shape index (κ1) is 21.4. The molecule has 2 amide bonds. The highest BCUT2D eigenvalue weighted by Gasteiger charge is 2.33. The van der Waals surface area contributed by atoms with Crippen LogP contribution in [0.4, 0.5) is 18.9 Å². The number of halogens is 4. The first-order valence-corrected chi connectivity index (χ1v) is 9.98. The van der Waals surface area contributed by atoms with Gasteiger partial charge in [-0.05, 0) is 61.7 Å². The van der Waals surface area contributed by atoms with Crippen LogP contribution < -0.4 is 5.32 Å². The van der Waals surface area contributed by atoms with Crippen LogP contribution in [0, 0.1) is 12.8 Å². The summed E-state index contributed by atoms with van der Waals surface area (Å²) in [4.78, 5) is 26.9. The Kier molecular flexibility index (Phi) is 6.31. The van der Waals surface area contributed by atoms with Crippen molar-refractivity contribution < 1.29 is 22.8 Å². The molecule has 8 heteroatoms. The molecule has 1 N–H and O–H groups in total. The molecule has 0 spiro atoms. The highest BCUT2D eigenvalue weighted by molar-refractivity contribution is 9.10. The molecule has 0 saturated carbocycles. The van der Waals surface area contributed by atoms with Crippen LogP contribution in [0.25, 0.3) is 0 Å². The largest absolute Gasteiger partial charge is 0.416 e. The van der Waals surface area contributed by atoms with Gasteiger partial charge in [-0.15, -0.1) is 0 Å². The summed E-state index contributed by atoms with van der Waals surface area (Å²) in [6.45, 7) is 2.47. The molecule has 2 aromatic carbocycles. The lowest BCUT2D eigenvalue weighted by atomic mass is 9.96. The van der Waals surface area contributed by atoms with Crippen molar-refractivity contribution in [1.29, 1.82) is 0 Å². The predicted molar refractivity (Wildman–Crippen MR) is 108 cm³/mol. The number of nitrogens with zero attached hydrogens (tertiary/aromatic N) is 1. The molecule has 0 aromatic heterocycles. The number of aryl methyl sites for hydroxylation is 1. The van der Waals surface area contributed by atoms with Crippen molar-refractivity contribution in [2.75, 3.05) is 18.4 Å². The molecule has 2 aromatic rings. The Bertz CT molecular complexity index is 930. The van der Waals surface area contributed by atoms with Gasteiger partial charge in [0.15, 0.2) is 0 Å². The van der Waals surface area contributed by atoms with E-state index in [1.165, 1.54) is 17.0 Å². The lowest BCUT2D eigenvalue weighted by Gasteiger charge is -2.32. The molecular weight excluding hydrogens is 449 g/mol. The van der Waals surface area contributed by atoms with E-state index in [1.807, 2.05) is 19.1 Å². The summed E-state index contributed by atoms with van der Waals surface area (Å²) in [6.07, 6.45) is -3.28. The van der Waals surface area contributed by atoms with Crippen molar-refractivity contribution in [3.05, 3.63) is 63.6 Å². The summed E-state index contributed by atoms with van der Waals surface area (Å²) in [5, 5.41) is 2.89. The van der Waals surface area contributed by atoms with E-state index in [1.54, 1.807) is 6.07 Å². The Hall–Kier alpha value is -2.35. The van der Waals surface area contributed by atoms with Gasteiger partial charge in [-0.3, -0.25) is 9.59 Å². The number of anilines is 1. The van der Waals surface area contributed by atoms with Gasteiger partial charge in [-0.1, -0.05) is 22.0 Å². The summed E-state index contributed by atoms with van der Waals surface area (Å²) >= 11 is 3.38. The second-order valence-electron chi connectivity index (χ2n) is 7.12. The van der Waals surface area contributed by atoms with Gasteiger partial charge in [0.2, 0.25) is 5.91 Å². The number of nitrogens with one attached hydrogen (secondary N) is 1. The van der Waals surface area contributed by atoms with Gasteiger partial charge in [0, 0.05) is 28.8 Å². The highest BCUT2D eigenvalue weighted by Crippen LogP contribution is 2.30. The van der Waals surface area contributed by atoms with Crippen LogP contribution >= 0.6 is 15.9 Å². The van der Waals surface area contributed by atoms with Gasteiger partial charge in [-0.25, -0.2) is 0 Å². The van der Waals surface area contributed by atoms with Crippen molar-refractivity contribution in [3.8, 4) is 0 Å². The Morgan fingerprint density at radius 1 is 1.17 bits per heavy atom. The number of hydrogen-bond donors (Lipinski definition) is 1. The number of piperidine rings is 1. The molecule has 0 bridgehead atoms. The standard InChI is InChI=1S/C21H20BrF3N2O2/c1-13-10-17(22)7-8-18(13)26-19(28)15-5-3-9-27(12-15)20(29)14-4-2-6-16(11-14)21(23,24)25/h2,4,6-8,10-11,15H,3,5,9,12H2,1H3,(H,26,28)/t15-/m1/s1. The summed E-state index contributed by atoms with van der Waals surface area (Å²) in [6, 6.07) is 9.90. The smallest absolute Gasteiger partial charge is 0.338 e. The van der Waals surface area contributed by atoms with Gasteiger partial charge in [0.05, 0.1) is 11.5 Å². The Morgan fingerprint density at radius 2 is 1.93 bits per heavy atom. The van der Waals surface area contributed by atoms with Crippen LogP contribution in [0.15, 0.2) is 46.9 Å². The maximum Gasteiger partial charge on any atom is 0.416 e. The first-order chi connectivity index (χ1) is 13.6. The molecule has 0 aliphatic carbocycles. The fraction of sp³-hybridized carbons (Fsp3) is 0.333. The van der Waals surface area contributed by atoms with Gasteiger partial charge >= 0.3 is 6.18 Å². The van der Waals surface area contributed by atoms with Crippen molar-refractivity contribution in [2.24, 2.45) is 5.92 Å². The number of likely N-dealkylation sites (tertiary alicyclic amines) is 1. The number of alkyl halides is 3. The third kappa shape index (κ3) is 5.18. The van der Waals surface area contributed by atoms with Crippen molar-refractivity contribution in [2.45, 2.75) is 25.9 Å². The molecule has 0 radical (unpaired) electrons. The third-order valence-electron chi connectivity index (χ3n) is 4.96. The minimum absolute atomic E-state index is 0.0235. The Morgan fingerprint density at radius 3 is 2.62 bits per heavy atom. The molecule has 29 heavy (non-hydrogen) atoms. The number of carbonyl (C=O) groups is 2. The molecule has 1 atom stereocenters. The fourth-order valence-electron chi connectivity index (χ4n) is 3.39. The number of rotatable bonds is 3. The summed E-state index contributed by atoms with van der Waals surface area (Å²) in [5.74, 6) is -1.10. The van der Waals surface area contributed by atoms with Gasteiger partial charge in [-0.2, -0.15) is 13.2 Å². The summed E-state index contributed by atoms with van der Waals surface area (Å²) in [7, 11) is 0. The second-order valence-corrected chi connectivity index (χ2v) is 8.03. The number of amides is 2. The fourth-order valence-corrected chi connectivity index (χ4v) is 3.86. The lowest BCUT2D eigenvalue weighted by Crippen LogP contribution is -2.43. The quantitative estimate of drug-likeness (QED) is 0.667. The molecule has 1 fully saturated rings. The zero-order valence-corrected chi connectivity index (χ0v) is 17.3. The average molecular weight is 469 g/mol. The van der Waals surface area contributed by atoms with E-state index < -0.39 is 23.6 Å². The van der Waals surface area contributed by atoms with Crippen LogP contribution in [-0.4, -0.2) is 29.8 Å². The average Bonchev–Trinajstić information content (AvgIpc) is 2.69. The van der Waals surface area contributed by atoms with E-state index >= 15 is 0 Å². The lowest BCUT2D eigenvalue weighted by molar-refractivity contribution is -0.137. The predicted octanol–water partition coefficient (Wildman–Crippen LogP) is 5.27. The van der Waals surface area contributed by atoms with E-state index in [0.717, 1.165) is 22.2 Å². The van der Waals surface area contributed by atoms with Crippen molar-refractivity contribution in [1.82, 2.24) is 4.90 Å². The molecule has 4 nitrogen and oxygen atoms in total. The molecule has 154 valence electrons. The SMILES string of the molecule is Cc1cc(Br)ccc1NC(=O)[C@@H]1CCCN(C(=O)c2cccc(C(F)(F)F)c2)C1. The molecule has 0 unspecified atom stereocenters. The minimum Gasteiger partial charge on any atom is -0.338 e. The van der Waals surface area contributed by atoms with Crippen molar-refractivity contribution in [3.63, 3.8) is 0 Å². The number of carbonyl (C=O) groups excluding carboxylic acids is 2. The Balaban J connectivity index is 1.70. The summed E-state index contributed by atoms with van der Waals surface area (Å²) < 4.78 is 39.7. The van der Waals surface area contributed by atoms with Crippen LogP contribution in [-0.2, 0) is 11.0 Å². The molecular formula is C21H20BrF3N2O2. The maximum atomic E-state index is 12.9. The van der Waals surface area contributed by atoms with Crippen molar-refractivity contribution >= 4 is 33.4 Å². The van der Waals surface area contributed by atoms with Gasteiger partial charge in [0.1, 0.15) is 0 Å². The van der Waals surface area contributed by atoms with Crippen LogP contribution in [0.1, 0.15) is 34.3 Å². The number of hydrogen-bond acceptors (Lipinski definition) is 2. The highest BCUT2D eigenvalue weighted by atomic mass is 79.9. The van der Waals surface area contributed by atoms with E-state index in [2.05, 4.69) is 21.2 Å².